The van der Waals surface area contributed by atoms with E-state index in [1.54, 1.807) is 7.11 Å². The molecule has 0 bridgehead atoms. The number of methoxy groups -OCH3 is 1. The van der Waals surface area contributed by atoms with Crippen molar-refractivity contribution in [1.29, 1.82) is 0 Å². The van der Waals surface area contributed by atoms with Gasteiger partial charge in [-0.25, -0.2) is 0 Å². The Labute approximate surface area is 139 Å². The highest BCUT2D eigenvalue weighted by Crippen LogP contribution is 2.38. The number of halogens is 1. The quantitative estimate of drug-likeness (QED) is 0.901. The molecule has 2 aliphatic heterocycles. The van der Waals surface area contributed by atoms with Gasteiger partial charge in [0.2, 0.25) is 0 Å². The van der Waals surface area contributed by atoms with Crippen LogP contribution in [0.1, 0.15) is 19.3 Å². The maximum atomic E-state index is 5.89. The fourth-order valence-corrected chi connectivity index (χ4v) is 3.61. The van der Waals surface area contributed by atoms with E-state index < -0.39 is 0 Å². The van der Waals surface area contributed by atoms with Crippen molar-refractivity contribution in [1.82, 2.24) is 10.2 Å². The fraction of sp³-hybridized carbons (Fsp3) is 0.647. The number of para-hydroxylation sites is 2. The summed E-state index contributed by atoms with van der Waals surface area (Å²) in [5, 5.41) is 3.47. The van der Waals surface area contributed by atoms with Crippen LogP contribution in [0.4, 0.5) is 0 Å². The largest absolute Gasteiger partial charge is 0.493 e. The molecule has 0 amide bonds. The van der Waals surface area contributed by atoms with Crippen LogP contribution < -0.4 is 14.8 Å². The van der Waals surface area contributed by atoms with Crippen molar-refractivity contribution in [2.45, 2.75) is 19.3 Å². The van der Waals surface area contributed by atoms with Gasteiger partial charge in [0.15, 0.2) is 11.5 Å². The summed E-state index contributed by atoms with van der Waals surface area (Å²) in [7, 11) is 1.68. The Kier molecular flexibility index (Phi) is 6.36. The van der Waals surface area contributed by atoms with Gasteiger partial charge < -0.3 is 14.8 Å². The third kappa shape index (κ3) is 4.06. The molecule has 4 nitrogen and oxygen atoms in total. The maximum absolute atomic E-state index is 5.89. The maximum Gasteiger partial charge on any atom is 0.161 e. The van der Waals surface area contributed by atoms with Gasteiger partial charge in [0, 0.05) is 13.1 Å². The molecule has 0 unspecified atom stereocenters. The van der Waals surface area contributed by atoms with Crippen LogP contribution in [0.5, 0.6) is 11.5 Å². The SMILES string of the molecule is COc1ccccc1OCCN1CCC2(CCNCC2)C1.Cl. The zero-order chi connectivity index (χ0) is 14.5. The van der Waals surface area contributed by atoms with E-state index in [9.17, 15) is 0 Å². The number of nitrogens with one attached hydrogen (secondary N) is 1. The summed E-state index contributed by atoms with van der Waals surface area (Å²) in [4.78, 5) is 2.56. The topological polar surface area (TPSA) is 33.7 Å². The van der Waals surface area contributed by atoms with E-state index in [2.05, 4.69) is 10.2 Å². The average molecular weight is 327 g/mol. The number of hydrogen-bond acceptors (Lipinski definition) is 4. The van der Waals surface area contributed by atoms with E-state index in [1.807, 2.05) is 24.3 Å². The molecule has 1 spiro atoms. The van der Waals surface area contributed by atoms with Crippen LogP contribution in [0.25, 0.3) is 0 Å². The molecule has 22 heavy (non-hydrogen) atoms. The van der Waals surface area contributed by atoms with Crippen molar-refractivity contribution < 1.29 is 9.47 Å². The molecular weight excluding hydrogens is 300 g/mol. The van der Waals surface area contributed by atoms with Gasteiger partial charge in [-0.05, 0) is 56.4 Å². The van der Waals surface area contributed by atoms with Gasteiger partial charge >= 0.3 is 0 Å². The summed E-state index contributed by atoms with van der Waals surface area (Å²) in [6.45, 7) is 6.57. The smallest absolute Gasteiger partial charge is 0.161 e. The highest BCUT2D eigenvalue weighted by atomic mass is 35.5. The lowest BCUT2D eigenvalue weighted by atomic mass is 9.78. The Morgan fingerprint density at radius 1 is 1.14 bits per heavy atom. The normalized spacial score (nSPS) is 20.6. The minimum absolute atomic E-state index is 0. The third-order valence-corrected chi connectivity index (χ3v) is 4.92. The molecule has 0 aromatic heterocycles. The second-order valence-corrected chi connectivity index (χ2v) is 6.28. The Morgan fingerprint density at radius 2 is 1.86 bits per heavy atom. The highest BCUT2D eigenvalue weighted by molar-refractivity contribution is 5.85. The van der Waals surface area contributed by atoms with Crippen molar-refractivity contribution in [3.63, 3.8) is 0 Å². The lowest BCUT2D eigenvalue weighted by Crippen LogP contribution is -2.39. The standard InChI is InChI=1S/C17H26N2O2.ClH/c1-20-15-4-2-3-5-16(15)21-13-12-19-11-8-17(14-19)6-9-18-10-7-17;/h2-5,18H,6-14H2,1H3;1H. The molecule has 1 aromatic carbocycles. The van der Waals surface area contributed by atoms with Crippen LogP contribution in [0.15, 0.2) is 24.3 Å². The number of nitrogens with zero attached hydrogens (tertiary/aromatic N) is 1. The molecule has 0 radical (unpaired) electrons. The molecule has 2 aliphatic rings. The van der Waals surface area contributed by atoms with E-state index >= 15 is 0 Å². The number of hydrogen-bond donors (Lipinski definition) is 1. The number of likely N-dealkylation sites (tertiary alicyclic amines) is 1. The average Bonchev–Trinajstić information content (AvgIpc) is 2.91. The first-order chi connectivity index (χ1) is 10.3. The lowest BCUT2D eigenvalue weighted by molar-refractivity contribution is 0.178. The number of benzene rings is 1. The van der Waals surface area contributed by atoms with Crippen LogP contribution in [-0.4, -0.2) is 51.3 Å². The molecule has 5 heteroatoms. The van der Waals surface area contributed by atoms with Gasteiger partial charge in [0.25, 0.3) is 0 Å². The first-order valence-corrected chi connectivity index (χ1v) is 8.00. The summed E-state index contributed by atoms with van der Waals surface area (Å²) in [5.41, 5.74) is 0.579. The summed E-state index contributed by atoms with van der Waals surface area (Å²) >= 11 is 0. The molecule has 2 saturated heterocycles. The van der Waals surface area contributed by atoms with Crippen LogP contribution >= 0.6 is 12.4 Å². The summed E-state index contributed by atoms with van der Waals surface area (Å²) in [5.74, 6) is 1.66. The Bertz CT molecular complexity index is 464. The van der Waals surface area contributed by atoms with Gasteiger partial charge in [0.05, 0.1) is 7.11 Å². The number of ether oxygens (including phenoxy) is 2. The molecule has 124 valence electrons. The van der Waals surface area contributed by atoms with Crippen molar-refractivity contribution >= 4 is 12.4 Å². The lowest BCUT2D eigenvalue weighted by Gasteiger charge is -2.33. The second-order valence-electron chi connectivity index (χ2n) is 6.28. The molecule has 1 N–H and O–H groups in total. The zero-order valence-corrected chi connectivity index (χ0v) is 14.2. The van der Waals surface area contributed by atoms with E-state index in [0.717, 1.165) is 24.7 Å². The van der Waals surface area contributed by atoms with Gasteiger partial charge in [-0.2, -0.15) is 0 Å². The predicted octanol–water partition coefficient (Wildman–Crippen LogP) is 2.57. The summed E-state index contributed by atoms with van der Waals surface area (Å²) in [6.07, 6.45) is 4.01. The minimum Gasteiger partial charge on any atom is -0.493 e. The van der Waals surface area contributed by atoms with Gasteiger partial charge in [-0.3, -0.25) is 4.90 Å². The molecule has 2 heterocycles. The van der Waals surface area contributed by atoms with Crippen LogP contribution in [-0.2, 0) is 0 Å². The third-order valence-electron chi connectivity index (χ3n) is 4.92. The van der Waals surface area contributed by atoms with Crippen molar-refractivity contribution in [2.24, 2.45) is 5.41 Å². The first kappa shape index (κ1) is 17.4. The Balaban J connectivity index is 0.00000176. The van der Waals surface area contributed by atoms with Crippen molar-refractivity contribution in [2.75, 3.05) is 46.4 Å². The monoisotopic (exact) mass is 326 g/mol. The van der Waals surface area contributed by atoms with E-state index in [4.69, 9.17) is 9.47 Å². The van der Waals surface area contributed by atoms with Crippen LogP contribution in [0.2, 0.25) is 0 Å². The van der Waals surface area contributed by atoms with Crippen LogP contribution in [0, 0.1) is 5.41 Å². The summed E-state index contributed by atoms with van der Waals surface area (Å²) < 4.78 is 11.2. The van der Waals surface area contributed by atoms with E-state index in [0.29, 0.717) is 5.41 Å². The van der Waals surface area contributed by atoms with Gasteiger partial charge in [-0.1, -0.05) is 12.1 Å². The number of piperidine rings is 1. The van der Waals surface area contributed by atoms with Crippen molar-refractivity contribution in [3.8, 4) is 11.5 Å². The molecule has 1 aromatic rings. The Morgan fingerprint density at radius 3 is 2.59 bits per heavy atom. The molecule has 0 aliphatic carbocycles. The Hall–Kier alpha value is -0.970. The van der Waals surface area contributed by atoms with Gasteiger partial charge in [-0.15, -0.1) is 12.4 Å². The minimum atomic E-state index is 0. The molecular formula is C17H27ClN2O2. The first-order valence-electron chi connectivity index (χ1n) is 8.00. The van der Waals surface area contributed by atoms with Crippen molar-refractivity contribution in [3.05, 3.63) is 24.3 Å². The highest BCUT2D eigenvalue weighted by Gasteiger charge is 2.38. The second kappa shape index (κ2) is 8.04. The molecule has 2 fully saturated rings. The van der Waals surface area contributed by atoms with Gasteiger partial charge in [0.1, 0.15) is 6.61 Å². The molecule has 0 atom stereocenters. The number of rotatable bonds is 5. The predicted molar refractivity (Wildman–Crippen MR) is 91.3 cm³/mol. The zero-order valence-electron chi connectivity index (χ0n) is 13.3. The van der Waals surface area contributed by atoms with E-state index in [-0.39, 0.29) is 12.4 Å². The van der Waals surface area contributed by atoms with E-state index in [1.165, 1.54) is 45.4 Å². The van der Waals surface area contributed by atoms with Crippen LogP contribution in [0.3, 0.4) is 0 Å². The molecule has 3 rings (SSSR count). The summed E-state index contributed by atoms with van der Waals surface area (Å²) in [6, 6.07) is 7.86. The molecule has 0 saturated carbocycles. The fourth-order valence-electron chi connectivity index (χ4n) is 3.61.